The van der Waals surface area contributed by atoms with E-state index in [-0.39, 0.29) is 24.8 Å². The SMILES string of the molecule is COC(=O)CCN(N)CCC(=O)OC. The molecule has 2 N–H and O–H groups in total. The van der Waals surface area contributed by atoms with Crippen molar-refractivity contribution in [1.29, 1.82) is 0 Å². The van der Waals surface area contributed by atoms with Crippen molar-refractivity contribution in [3.8, 4) is 0 Å². The molecule has 0 heterocycles. The van der Waals surface area contributed by atoms with Crippen LogP contribution in [0.3, 0.4) is 0 Å². The number of carbonyl (C=O) groups excluding carboxylic acids is 2. The van der Waals surface area contributed by atoms with E-state index in [0.29, 0.717) is 13.1 Å². The summed E-state index contributed by atoms with van der Waals surface area (Å²) in [5, 5.41) is 1.38. The monoisotopic (exact) mass is 204 g/mol. The van der Waals surface area contributed by atoms with Crippen LogP contribution in [0.2, 0.25) is 0 Å². The van der Waals surface area contributed by atoms with E-state index in [9.17, 15) is 9.59 Å². The van der Waals surface area contributed by atoms with E-state index in [1.807, 2.05) is 0 Å². The molecule has 0 unspecified atom stereocenters. The number of carbonyl (C=O) groups is 2. The number of hydrogen-bond acceptors (Lipinski definition) is 6. The molecule has 0 amide bonds. The van der Waals surface area contributed by atoms with E-state index >= 15 is 0 Å². The third-order valence-corrected chi connectivity index (χ3v) is 1.66. The average molecular weight is 204 g/mol. The molecule has 0 aromatic carbocycles. The first-order valence-electron chi connectivity index (χ1n) is 4.23. The first kappa shape index (κ1) is 12.9. The van der Waals surface area contributed by atoms with Gasteiger partial charge in [0.15, 0.2) is 0 Å². The minimum Gasteiger partial charge on any atom is -0.469 e. The van der Waals surface area contributed by atoms with Crippen LogP contribution in [0.4, 0.5) is 0 Å². The summed E-state index contributed by atoms with van der Waals surface area (Å²) < 4.78 is 8.87. The lowest BCUT2D eigenvalue weighted by Crippen LogP contribution is -2.35. The van der Waals surface area contributed by atoms with Crippen LogP contribution in [0.15, 0.2) is 0 Å². The summed E-state index contributed by atoms with van der Waals surface area (Å²) in [7, 11) is 2.63. The van der Waals surface area contributed by atoms with Crippen molar-refractivity contribution in [1.82, 2.24) is 5.01 Å². The van der Waals surface area contributed by atoms with E-state index in [4.69, 9.17) is 5.84 Å². The van der Waals surface area contributed by atoms with Gasteiger partial charge in [0.1, 0.15) is 0 Å². The van der Waals surface area contributed by atoms with E-state index < -0.39 is 0 Å². The minimum absolute atomic E-state index is 0.216. The average Bonchev–Trinajstić information content (AvgIpc) is 2.22. The summed E-state index contributed by atoms with van der Waals surface area (Å²) in [6, 6.07) is 0. The molecule has 0 aliphatic carbocycles. The molecular formula is C8H16N2O4. The summed E-state index contributed by atoms with van der Waals surface area (Å²) in [4.78, 5) is 21.4. The van der Waals surface area contributed by atoms with Gasteiger partial charge in [0.2, 0.25) is 0 Å². The maximum atomic E-state index is 10.7. The molecule has 0 aromatic heterocycles. The Bertz CT molecular complexity index is 176. The molecule has 0 aliphatic heterocycles. The van der Waals surface area contributed by atoms with Crippen molar-refractivity contribution >= 4 is 11.9 Å². The molecule has 14 heavy (non-hydrogen) atoms. The van der Waals surface area contributed by atoms with Crippen LogP contribution >= 0.6 is 0 Å². The van der Waals surface area contributed by atoms with Gasteiger partial charge in [-0.15, -0.1) is 0 Å². The van der Waals surface area contributed by atoms with E-state index in [0.717, 1.165) is 0 Å². The van der Waals surface area contributed by atoms with E-state index in [1.165, 1.54) is 19.2 Å². The van der Waals surface area contributed by atoms with Crippen LogP contribution < -0.4 is 5.84 Å². The van der Waals surface area contributed by atoms with Gasteiger partial charge in [-0.1, -0.05) is 0 Å². The highest BCUT2D eigenvalue weighted by molar-refractivity contribution is 5.69. The Morgan fingerprint density at radius 3 is 1.71 bits per heavy atom. The number of methoxy groups -OCH3 is 2. The lowest BCUT2D eigenvalue weighted by Gasteiger charge is -2.14. The molecule has 0 fully saturated rings. The molecule has 0 aliphatic rings. The Kier molecular flexibility index (Phi) is 6.69. The maximum absolute atomic E-state index is 10.7. The third kappa shape index (κ3) is 6.38. The number of hydrogen-bond donors (Lipinski definition) is 1. The molecule has 0 saturated carbocycles. The number of nitrogens with two attached hydrogens (primary N) is 1. The first-order valence-corrected chi connectivity index (χ1v) is 4.23. The number of nitrogens with zero attached hydrogens (tertiary/aromatic N) is 1. The van der Waals surface area contributed by atoms with E-state index in [1.54, 1.807) is 0 Å². The molecule has 6 heteroatoms. The van der Waals surface area contributed by atoms with Gasteiger partial charge < -0.3 is 9.47 Å². The summed E-state index contributed by atoms with van der Waals surface area (Å²) >= 11 is 0. The predicted octanol–water partition coefficient (Wildman–Crippen LogP) is -0.712. The Labute approximate surface area is 82.9 Å². The van der Waals surface area contributed by atoms with Crippen molar-refractivity contribution in [2.45, 2.75) is 12.8 Å². The van der Waals surface area contributed by atoms with Gasteiger partial charge in [0, 0.05) is 13.1 Å². The zero-order valence-corrected chi connectivity index (χ0v) is 8.49. The van der Waals surface area contributed by atoms with Crippen LogP contribution in [0.5, 0.6) is 0 Å². The number of hydrazine groups is 1. The highest BCUT2D eigenvalue weighted by Crippen LogP contribution is 1.91. The standard InChI is InChI=1S/C8H16N2O4/c1-13-7(11)3-5-10(9)6-4-8(12)14-2/h3-6,9H2,1-2H3. The number of rotatable bonds is 6. The molecule has 0 spiro atoms. The molecule has 82 valence electrons. The molecule has 0 bridgehead atoms. The highest BCUT2D eigenvalue weighted by atomic mass is 16.5. The quantitative estimate of drug-likeness (QED) is 0.349. The summed E-state index contributed by atoms with van der Waals surface area (Å²) in [6.45, 7) is 0.729. The first-order chi connectivity index (χ1) is 6.60. The van der Waals surface area contributed by atoms with Gasteiger partial charge in [-0.25, -0.2) is 5.01 Å². The van der Waals surface area contributed by atoms with Crippen LogP contribution in [-0.4, -0.2) is 44.3 Å². The number of ether oxygens (including phenoxy) is 2. The summed E-state index contributed by atoms with van der Waals surface area (Å²) in [6.07, 6.45) is 0.433. The normalized spacial score (nSPS) is 10.0. The molecule has 6 nitrogen and oxygen atoms in total. The summed E-state index contributed by atoms with van der Waals surface area (Å²) in [5.74, 6) is 4.86. The molecular weight excluding hydrogens is 188 g/mol. The van der Waals surface area contributed by atoms with Crippen LogP contribution in [0, 0.1) is 0 Å². The molecule has 0 saturated heterocycles. The maximum Gasteiger partial charge on any atom is 0.306 e. The molecule has 0 aromatic rings. The zero-order valence-electron chi connectivity index (χ0n) is 8.49. The second kappa shape index (κ2) is 7.28. The van der Waals surface area contributed by atoms with Gasteiger partial charge in [-0.2, -0.15) is 0 Å². The lowest BCUT2D eigenvalue weighted by atomic mass is 10.4. The number of esters is 2. The Hall–Kier alpha value is -1.14. The Morgan fingerprint density at radius 2 is 1.43 bits per heavy atom. The van der Waals surface area contributed by atoms with Gasteiger partial charge in [0.05, 0.1) is 27.1 Å². The minimum atomic E-state index is -0.321. The lowest BCUT2D eigenvalue weighted by molar-refractivity contribution is -0.141. The highest BCUT2D eigenvalue weighted by Gasteiger charge is 2.07. The van der Waals surface area contributed by atoms with Crippen molar-refractivity contribution in [3.05, 3.63) is 0 Å². The largest absolute Gasteiger partial charge is 0.469 e. The van der Waals surface area contributed by atoms with Gasteiger partial charge >= 0.3 is 11.9 Å². The van der Waals surface area contributed by atoms with Crippen LogP contribution in [0.25, 0.3) is 0 Å². The fourth-order valence-corrected chi connectivity index (χ4v) is 0.786. The van der Waals surface area contributed by atoms with Gasteiger partial charge in [-0.3, -0.25) is 15.4 Å². The van der Waals surface area contributed by atoms with Gasteiger partial charge in [-0.05, 0) is 0 Å². The molecule has 0 radical (unpaired) electrons. The zero-order chi connectivity index (χ0) is 11.0. The van der Waals surface area contributed by atoms with Crippen molar-refractivity contribution in [3.63, 3.8) is 0 Å². The van der Waals surface area contributed by atoms with Crippen LogP contribution in [0.1, 0.15) is 12.8 Å². The van der Waals surface area contributed by atoms with Crippen molar-refractivity contribution in [2.24, 2.45) is 5.84 Å². The molecule has 0 atom stereocenters. The summed E-state index contributed by atoms with van der Waals surface area (Å²) in [5.41, 5.74) is 0. The van der Waals surface area contributed by atoms with E-state index in [2.05, 4.69) is 9.47 Å². The van der Waals surface area contributed by atoms with Gasteiger partial charge in [0.25, 0.3) is 0 Å². The topological polar surface area (TPSA) is 81.9 Å². The second-order valence-corrected chi connectivity index (χ2v) is 2.69. The van der Waals surface area contributed by atoms with Crippen molar-refractivity contribution in [2.75, 3.05) is 27.3 Å². The predicted molar refractivity (Wildman–Crippen MR) is 49.0 cm³/mol. The Morgan fingerprint density at radius 1 is 1.07 bits per heavy atom. The fourth-order valence-electron chi connectivity index (χ4n) is 0.786. The second-order valence-electron chi connectivity index (χ2n) is 2.69. The fraction of sp³-hybridized carbons (Fsp3) is 0.750. The van der Waals surface area contributed by atoms with Crippen molar-refractivity contribution < 1.29 is 19.1 Å². The van der Waals surface area contributed by atoms with Crippen LogP contribution in [-0.2, 0) is 19.1 Å². The smallest absolute Gasteiger partial charge is 0.306 e. The third-order valence-electron chi connectivity index (χ3n) is 1.66. The molecule has 0 rings (SSSR count). The Balaban J connectivity index is 3.50.